The van der Waals surface area contributed by atoms with Gasteiger partial charge in [0, 0.05) is 29.7 Å². The number of hydrogen-bond donors (Lipinski definition) is 2. The van der Waals surface area contributed by atoms with Gasteiger partial charge in [-0.15, -0.1) is 11.8 Å². The van der Waals surface area contributed by atoms with Gasteiger partial charge in [-0.25, -0.2) is 4.79 Å². The fraction of sp³-hybridized carbons (Fsp3) is 0.273. The van der Waals surface area contributed by atoms with Crippen LogP contribution >= 0.6 is 11.8 Å². The van der Waals surface area contributed by atoms with Gasteiger partial charge in [0.2, 0.25) is 5.91 Å². The smallest absolute Gasteiger partial charge is 0.327 e. The average molecular weight is 284 g/mol. The molecule has 0 radical (unpaired) electrons. The molecule has 8 heteroatoms. The number of hydrogen-bond acceptors (Lipinski definition) is 5. The summed E-state index contributed by atoms with van der Waals surface area (Å²) >= 11 is 1.20. The third kappa shape index (κ3) is 4.96. The molecule has 1 aromatic carbocycles. The first-order valence-electron chi connectivity index (χ1n) is 5.27. The van der Waals surface area contributed by atoms with Crippen molar-refractivity contribution in [2.45, 2.75) is 17.9 Å². The molecule has 0 saturated heterocycles. The molecule has 0 saturated carbocycles. The topological polar surface area (TPSA) is 110 Å². The molecule has 0 spiro atoms. The van der Waals surface area contributed by atoms with Crippen LogP contribution in [0.5, 0.6) is 0 Å². The Morgan fingerprint density at radius 1 is 1.42 bits per heavy atom. The van der Waals surface area contributed by atoms with E-state index < -0.39 is 22.8 Å². The van der Waals surface area contributed by atoms with Crippen LogP contribution < -0.4 is 5.32 Å². The van der Waals surface area contributed by atoms with Gasteiger partial charge >= 0.3 is 5.97 Å². The van der Waals surface area contributed by atoms with Crippen molar-refractivity contribution in [3.63, 3.8) is 0 Å². The van der Waals surface area contributed by atoms with Gasteiger partial charge < -0.3 is 10.4 Å². The van der Waals surface area contributed by atoms with Crippen molar-refractivity contribution in [2.24, 2.45) is 0 Å². The summed E-state index contributed by atoms with van der Waals surface area (Å²) in [5.41, 5.74) is -0.0269. The molecule has 0 fully saturated rings. The number of thioether (sulfide) groups is 1. The molecule has 1 amide bonds. The largest absolute Gasteiger partial charge is 0.480 e. The van der Waals surface area contributed by atoms with Gasteiger partial charge in [-0.05, 0) is 12.1 Å². The van der Waals surface area contributed by atoms with Crippen LogP contribution in [-0.2, 0) is 9.59 Å². The lowest BCUT2D eigenvalue weighted by Gasteiger charge is -2.12. The quantitative estimate of drug-likeness (QED) is 0.462. The summed E-state index contributed by atoms with van der Waals surface area (Å²) in [5, 5.41) is 21.7. The van der Waals surface area contributed by atoms with E-state index in [-0.39, 0.29) is 11.4 Å². The molecule has 0 aromatic heterocycles. The Bertz CT molecular complexity index is 488. The number of rotatable bonds is 6. The minimum Gasteiger partial charge on any atom is -0.480 e. The highest BCUT2D eigenvalue weighted by Crippen LogP contribution is 2.22. The summed E-state index contributed by atoms with van der Waals surface area (Å²) in [6.07, 6.45) is 0. The van der Waals surface area contributed by atoms with Crippen molar-refractivity contribution in [1.29, 1.82) is 0 Å². The van der Waals surface area contributed by atoms with E-state index in [1.165, 1.54) is 43.0 Å². The van der Waals surface area contributed by atoms with Crippen LogP contribution in [0.25, 0.3) is 0 Å². The number of nitro benzene ring substituents is 1. The number of carbonyl (C=O) groups excluding carboxylic acids is 1. The van der Waals surface area contributed by atoms with E-state index >= 15 is 0 Å². The average Bonchev–Trinajstić information content (AvgIpc) is 2.34. The number of aliphatic carboxylic acids is 1. The first-order valence-corrected chi connectivity index (χ1v) is 6.26. The van der Waals surface area contributed by atoms with E-state index in [0.29, 0.717) is 4.90 Å². The van der Waals surface area contributed by atoms with Crippen molar-refractivity contribution in [1.82, 2.24) is 5.32 Å². The Labute approximate surface area is 113 Å². The van der Waals surface area contributed by atoms with Crippen molar-refractivity contribution in [3.8, 4) is 0 Å². The number of carbonyl (C=O) groups is 2. The molecule has 1 unspecified atom stereocenters. The summed E-state index contributed by atoms with van der Waals surface area (Å²) in [6, 6.07) is 4.77. The molecule has 19 heavy (non-hydrogen) atoms. The molecular formula is C11H12N2O5S. The zero-order valence-corrected chi connectivity index (χ0v) is 10.8. The van der Waals surface area contributed by atoms with E-state index in [1.807, 2.05) is 0 Å². The Morgan fingerprint density at radius 2 is 2.00 bits per heavy atom. The maximum atomic E-state index is 10.9. The number of non-ortho nitro benzene ring substituents is 1. The van der Waals surface area contributed by atoms with E-state index in [9.17, 15) is 19.7 Å². The summed E-state index contributed by atoms with van der Waals surface area (Å²) in [7, 11) is 0. The molecule has 0 heterocycles. The number of nitro groups is 1. The van der Waals surface area contributed by atoms with Crippen LogP contribution in [-0.4, -0.2) is 33.7 Å². The van der Waals surface area contributed by atoms with Gasteiger partial charge in [0.05, 0.1) is 4.92 Å². The minimum absolute atomic E-state index is 0.0269. The summed E-state index contributed by atoms with van der Waals surface area (Å²) < 4.78 is 0. The summed E-state index contributed by atoms with van der Waals surface area (Å²) in [6.45, 7) is 1.24. The molecule has 0 aliphatic rings. The Kier molecular flexibility index (Phi) is 5.31. The molecule has 2 N–H and O–H groups in total. The van der Waals surface area contributed by atoms with Crippen molar-refractivity contribution in [3.05, 3.63) is 34.4 Å². The molecular weight excluding hydrogens is 272 g/mol. The minimum atomic E-state index is -1.12. The van der Waals surface area contributed by atoms with Gasteiger partial charge in [-0.1, -0.05) is 0 Å². The molecule has 0 bridgehead atoms. The molecule has 1 atom stereocenters. The zero-order valence-electron chi connectivity index (χ0n) is 10.0. The predicted molar refractivity (Wildman–Crippen MR) is 69.1 cm³/mol. The van der Waals surface area contributed by atoms with Crippen molar-refractivity contribution in [2.75, 3.05) is 5.75 Å². The summed E-state index contributed by atoms with van der Waals surface area (Å²) in [4.78, 5) is 32.4. The normalized spacial score (nSPS) is 11.6. The molecule has 0 aliphatic heterocycles. The monoisotopic (exact) mass is 284 g/mol. The third-order valence-electron chi connectivity index (χ3n) is 2.14. The van der Waals surface area contributed by atoms with Crippen LogP contribution in [0.4, 0.5) is 5.69 Å². The van der Waals surface area contributed by atoms with Gasteiger partial charge in [0.1, 0.15) is 6.04 Å². The predicted octanol–water partition coefficient (Wildman–Crippen LogP) is 1.28. The maximum Gasteiger partial charge on any atom is 0.327 e. The molecule has 0 aliphatic carbocycles. The Morgan fingerprint density at radius 3 is 2.42 bits per heavy atom. The number of benzene rings is 1. The first-order chi connectivity index (χ1) is 8.90. The lowest BCUT2D eigenvalue weighted by atomic mass is 10.3. The maximum absolute atomic E-state index is 10.9. The fourth-order valence-electron chi connectivity index (χ4n) is 1.26. The van der Waals surface area contributed by atoms with Crippen LogP contribution in [0.3, 0.4) is 0 Å². The highest BCUT2D eigenvalue weighted by Gasteiger charge is 2.18. The van der Waals surface area contributed by atoms with E-state index in [0.717, 1.165) is 0 Å². The Hall–Kier alpha value is -2.09. The van der Waals surface area contributed by atoms with E-state index in [4.69, 9.17) is 5.11 Å². The fourth-order valence-corrected chi connectivity index (χ4v) is 2.18. The highest BCUT2D eigenvalue weighted by molar-refractivity contribution is 7.99. The number of nitrogens with zero attached hydrogens (tertiary/aromatic N) is 1. The number of carboxylic acid groups (broad SMARTS) is 1. The zero-order chi connectivity index (χ0) is 14.4. The van der Waals surface area contributed by atoms with Crippen molar-refractivity contribution < 1.29 is 19.6 Å². The summed E-state index contributed by atoms with van der Waals surface area (Å²) in [5.74, 6) is -1.39. The van der Waals surface area contributed by atoms with E-state index in [1.54, 1.807) is 0 Å². The second kappa shape index (κ2) is 6.74. The van der Waals surface area contributed by atoms with E-state index in [2.05, 4.69) is 5.32 Å². The molecule has 1 aromatic rings. The van der Waals surface area contributed by atoms with Gasteiger partial charge in [0.25, 0.3) is 5.69 Å². The molecule has 1 rings (SSSR count). The SMILES string of the molecule is CC(=O)NC(CSc1ccc([N+](=O)[O-])cc1)C(=O)O. The third-order valence-corrected chi connectivity index (χ3v) is 3.25. The second-order valence-electron chi connectivity index (χ2n) is 3.65. The van der Waals surface area contributed by atoms with Gasteiger partial charge in [-0.3, -0.25) is 14.9 Å². The molecule has 7 nitrogen and oxygen atoms in total. The second-order valence-corrected chi connectivity index (χ2v) is 4.75. The van der Waals surface area contributed by atoms with Gasteiger partial charge in [0.15, 0.2) is 0 Å². The number of amides is 1. The standard InChI is InChI=1S/C11H12N2O5S/c1-7(14)12-10(11(15)16)6-19-9-4-2-8(3-5-9)13(17)18/h2-5,10H,6H2,1H3,(H,12,14)(H,15,16). The number of carboxylic acids is 1. The lowest BCUT2D eigenvalue weighted by molar-refractivity contribution is -0.384. The van der Waals surface area contributed by atoms with Crippen molar-refractivity contribution >= 4 is 29.3 Å². The lowest BCUT2D eigenvalue weighted by Crippen LogP contribution is -2.41. The van der Waals surface area contributed by atoms with Crippen LogP contribution in [0.2, 0.25) is 0 Å². The number of nitrogens with one attached hydrogen (secondary N) is 1. The van der Waals surface area contributed by atoms with Gasteiger partial charge in [-0.2, -0.15) is 0 Å². The first kappa shape index (κ1) is 15.0. The van der Waals surface area contributed by atoms with Crippen LogP contribution in [0.1, 0.15) is 6.92 Å². The molecule has 102 valence electrons. The van der Waals surface area contributed by atoms with Crippen LogP contribution in [0.15, 0.2) is 29.2 Å². The van der Waals surface area contributed by atoms with Crippen LogP contribution in [0, 0.1) is 10.1 Å². The highest BCUT2D eigenvalue weighted by atomic mass is 32.2. The Balaban J connectivity index is 2.61.